The fourth-order valence-corrected chi connectivity index (χ4v) is 9.96. The van der Waals surface area contributed by atoms with Gasteiger partial charge in [-0.15, -0.1) is 16.9 Å². The number of carbonyl (C=O) groups is 3. The molecule has 11 heteroatoms. The zero-order chi connectivity index (χ0) is 30.5. The van der Waals surface area contributed by atoms with Crippen LogP contribution in [0.1, 0.15) is 25.3 Å². The summed E-state index contributed by atoms with van der Waals surface area (Å²) in [4.78, 5) is 44.5. The summed E-state index contributed by atoms with van der Waals surface area (Å²) < 4.78 is 0.289. The number of nitrogens with one attached hydrogen (secondary N) is 2. The Morgan fingerprint density at radius 2 is 1.70 bits per heavy atom. The summed E-state index contributed by atoms with van der Waals surface area (Å²) in [7, 11) is 0. The highest BCUT2D eigenvalue weighted by atomic mass is 32.2. The Labute approximate surface area is 259 Å². The molecule has 226 valence electrons. The minimum Gasteiger partial charge on any atom is -0.394 e. The van der Waals surface area contributed by atoms with Crippen molar-refractivity contribution in [3.63, 3.8) is 0 Å². The number of carbonyl (C=O) groups excluding carboxylic acids is 3. The van der Waals surface area contributed by atoms with Crippen LogP contribution in [0.3, 0.4) is 0 Å². The molecule has 3 amide bonds. The fourth-order valence-electron chi connectivity index (χ4n) is 7.62. The SMILES string of the molecule is C[C@]12CCC3(S1)C(C(=O)NCn1nnc4ccccc41)N([C@@H](CO)Cc1ccccc1)C(=O)[C@@H]3[C@H]2C(=O)Nc1ccccc1. The second kappa shape index (κ2) is 11.0. The summed E-state index contributed by atoms with van der Waals surface area (Å²) in [5.41, 5.74) is 3.11. The maximum Gasteiger partial charge on any atom is 0.245 e. The summed E-state index contributed by atoms with van der Waals surface area (Å²) in [6.07, 6.45) is 1.69. The van der Waals surface area contributed by atoms with Crippen LogP contribution in [0.2, 0.25) is 0 Å². The number of likely N-dealkylation sites (tertiary alicyclic amines) is 1. The van der Waals surface area contributed by atoms with Gasteiger partial charge < -0.3 is 20.6 Å². The van der Waals surface area contributed by atoms with Crippen LogP contribution in [-0.4, -0.2) is 70.9 Å². The van der Waals surface area contributed by atoms with Gasteiger partial charge in [-0.2, -0.15) is 0 Å². The summed E-state index contributed by atoms with van der Waals surface area (Å²) in [5, 5.41) is 25.1. The van der Waals surface area contributed by atoms with Gasteiger partial charge in [0.2, 0.25) is 17.7 Å². The molecule has 2 bridgehead atoms. The molecule has 4 heterocycles. The molecule has 2 unspecified atom stereocenters. The molecule has 6 atom stereocenters. The average Bonchev–Trinajstić information content (AvgIpc) is 3.75. The third kappa shape index (κ3) is 4.57. The third-order valence-corrected chi connectivity index (χ3v) is 11.5. The highest BCUT2D eigenvalue weighted by molar-refractivity contribution is 8.02. The van der Waals surface area contributed by atoms with Gasteiger partial charge in [-0.05, 0) is 56.0 Å². The number of amides is 3. The second-order valence-electron chi connectivity index (χ2n) is 12.1. The molecule has 3 aliphatic heterocycles. The van der Waals surface area contributed by atoms with Gasteiger partial charge in [-0.25, -0.2) is 4.68 Å². The quantitative estimate of drug-likeness (QED) is 0.265. The number of rotatable bonds is 9. The van der Waals surface area contributed by atoms with Gasteiger partial charge in [-0.3, -0.25) is 14.4 Å². The maximum absolute atomic E-state index is 14.6. The number of benzene rings is 3. The largest absolute Gasteiger partial charge is 0.394 e. The van der Waals surface area contributed by atoms with Crippen molar-refractivity contribution < 1.29 is 19.5 Å². The molecule has 44 heavy (non-hydrogen) atoms. The van der Waals surface area contributed by atoms with E-state index in [-0.39, 0.29) is 31.0 Å². The van der Waals surface area contributed by atoms with Crippen molar-refractivity contribution >= 4 is 46.2 Å². The van der Waals surface area contributed by atoms with Crippen LogP contribution in [0.25, 0.3) is 11.0 Å². The van der Waals surface area contributed by atoms with Crippen LogP contribution < -0.4 is 10.6 Å². The van der Waals surface area contributed by atoms with E-state index in [0.717, 1.165) is 11.1 Å². The highest BCUT2D eigenvalue weighted by Gasteiger charge is 2.77. The smallest absolute Gasteiger partial charge is 0.245 e. The Balaban J connectivity index is 1.24. The number of anilines is 1. The van der Waals surface area contributed by atoms with Crippen LogP contribution >= 0.6 is 11.8 Å². The molecule has 0 radical (unpaired) electrons. The number of fused-ring (bicyclic) bond motifs is 2. The maximum atomic E-state index is 14.6. The van der Waals surface area contributed by atoms with Crippen LogP contribution in [0.15, 0.2) is 84.9 Å². The monoisotopic (exact) mass is 610 g/mol. The molecule has 3 aliphatic rings. The molecule has 0 aliphatic carbocycles. The van der Waals surface area contributed by atoms with Crippen LogP contribution in [0, 0.1) is 11.8 Å². The van der Waals surface area contributed by atoms with Crippen molar-refractivity contribution in [2.75, 3.05) is 11.9 Å². The summed E-state index contributed by atoms with van der Waals surface area (Å²) in [6.45, 7) is 1.80. The Morgan fingerprint density at radius 3 is 2.45 bits per heavy atom. The zero-order valence-corrected chi connectivity index (χ0v) is 25.1. The number of hydrogen-bond donors (Lipinski definition) is 3. The molecule has 3 saturated heterocycles. The second-order valence-corrected chi connectivity index (χ2v) is 14.0. The van der Waals surface area contributed by atoms with Gasteiger partial charge in [-0.1, -0.05) is 65.9 Å². The zero-order valence-electron chi connectivity index (χ0n) is 24.3. The lowest BCUT2D eigenvalue weighted by molar-refractivity contribution is -0.142. The molecular formula is C33H34N6O4S. The van der Waals surface area contributed by atoms with Crippen molar-refractivity contribution in [2.24, 2.45) is 11.8 Å². The molecule has 3 fully saturated rings. The molecule has 3 N–H and O–H groups in total. The number of hydrogen-bond acceptors (Lipinski definition) is 7. The lowest BCUT2D eigenvalue weighted by atomic mass is 9.66. The molecule has 1 aromatic heterocycles. The van der Waals surface area contributed by atoms with E-state index in [0.29, 0.717) is 30.5 Å². The van der Waals surface area contributed by atoms with E-state index < -0.39 is 33.4 Å². The molecule has 7 rings (SSSR count). The Bertz CT molecular complexity index is 1720. The number of thioether (sulfide) groups is 1. The Kier molecular flexibility index (Phi) is 7.17. The summed E-state index contributed by atoms with van der Waals surface area (Å²) in [6, 6.07) is 24.9. The number of aromatic nitrogens is 3. The molecule has 3 aromatic carbocycles. The van der Waals surface area contributed by atoms with E-state index in [1.807, 2.05) is 91.9 Å². The van der Waals surface area contributed by atoms with Crippen molar-refractivity contribution in [1.82, 2.24) is 25.2 Å². The van der Waals surface area contributed by atoms with Crippen molar-refractivity contribution in [3.05, 3.63) is 90.5 Å². The van der Waals surface area contributed by atoms with E-state index in [9.17, 15) is 19.5 Å². The van der Waals surface area contributed by atoms with Crippen molar-refractivity contribution in [2.45, 2.75) is 54.4 Å². The fraction of sp³-hybridized carbons (Fsp3) is 0.364. The minimum atomic E-state index is -0.878. The van der Waals surface area contributed by atoms with Gasteiger partial charge in [0, 0.05) is 10.4 Å². The number of aliphatic hydroxyl groups excluding tert-OH is 1. The summed E-state index contributed by atoms with van der Waals surface area (Å²) >= 11 is 1.60. The highest BCUT2D eigenvalue weighted by Crippen LogP contribution is 2.71. The first kappa shape index (κ1) is 28.5. The Morgan fingerprint density at radius 1 is 1.00 bits per heavy atom. The topological polar surface area (TPSA) is 129 Å². The average molecular weight is 611 g/mol. The molecule has 1 spiro atoms. The van der Waals surface area contributed by atoms with Crippen molar-refractivity contribution in [3.8, 4) is 0 Å². The van der Waals surface area contributed by atoms with Gasteiger partial charge in [0.05, 0.1) is 34.7 Å². The van der Waals surface area contributed by atoms with Crippen molar-refractivity contribution in [1.29, 1.82) is 0 Å². The van der Waals surface area contributed by atoms with E-state index >= 15 is 0 Å². The molecule has 10 nitrogen and oxygen atoms in total. The first-order valence-corrected chi connectivity index (χ1v) is 15.8. The van der Waals surface area contributed by atoms with Gasteiger partial charge in [0.1, 0.15) is 18.2 Å². The predicted molar refractivity (Wildman–Crippen MR) is 167 cm³/mol. The van der Waals surface area contributed by atoms with Crippen LogP contribution in [-0.2, 0) is 27.5 Å². The number of nitrogens with zero attached hydrogens (tertiary/aromatic N) is 4. The molecule has 0 saturated carbocycles. The van der Waals surface area contributed by atoms with Gasteiger partial charge >= 0.3 is 0 Å². The van der Waals surface area contributed by atoms with Crippen LogP contribution in [0.4, 0.5) is 5.69 Å². The third-order valence-electron chi connectivity index (χ3n) is 9.53. The first-order chi connectivity index (χ1) is 21.3. The lowest BCUT2D eigenvalue weighted by Crippen LogP contribution is -2.57. The lowest BCUT2D eigenvalue weighted by Gasteiger charge is -2.37. The molecule has 4 aromatic rings. The van der Waals surface area contributed by atoms with E-state index in [1.165, 1.54) is 0 Å². The Hall–Kier alpha value is -4.22. The van der Waals surface area contributed by atoms with E-state index in [1.54, 1.807) is 21.3 Å². The number of aliphatic hydroxyl groups is 1. The van der Waals surface area contributed by atoms with Crippen LogP contribution in [0.5, 0.6) is 0 Å². The van der Waals surface area contributed by atoms with Gasteiger partial charge in [0.25, 0.3) is 0 Å². The summed E-state index contributed by atoms with van der Waals surface area (Å²) in [5.74, 6) is -2.14. The minimum absolute atomic E-state index is 0.0704. The predicted octanol–water partition coefficient (Wildman–Crippen LogP) is 3.23. The first-order valence-electron chi connectivity index (χ1n) is 14.9. The number of para-hydroxylation sites is 2. The van der Waals surface area contributed by atoms with Gasteiger partial charge in [0.15, 0.2) is 0 Å². The van der Waals surface area contributed by atoms with E-state index in [4.69, 9.17) is 0 Å². The van der Waals surface area contributed by atoms with E-state index in [2.05, 4.69) is 20.9 Å². The molecular weight excluding hydrogens is 576 g/mol. The normalized spacial score (nSPS) is 27.8. The standard InChI is InChI=1S/C33H34N6O4S/c1-32-16-17-33(44-32)27(26(32)29(41)35-22-12-6-3-7-13-22)31(43)39(23(19-40)18-21-10-4-2-5-11-21)28(33)30(42)34-20-38-25-15-9-8-14-24(25)36-37-38/h2-15,23,26-28,40H,16-20H2,1H3,(H,34,42)(H,35,41)/t23-,26+,27+,28?,32-,33?/m1/s1.